The summed E-state index contributed by atoms with van der Waals surface area (Å²) in [7, 11) is 0. The molecule has 2 heterocycles. The summed E-state index contributed by atoms with van der Waals surface area (Å²) in [5, 5.41) is 3.65. The third kappa shape index (κ3) is 6.23. The Kier molecular flexibility index (Phi) is 8.87. The number of aliphatic imine (C=N–C) groups is 2. The molecule has 1 aliphatic heterocycles. The number of allylic oxidation sites excluding steroid dienone is 11. The van der Waals surface area contributed by atoms with Gasteiger partial charge < -0.3 is 9.15 Å². The molecule has 294 valence electrons. The molecule has 1 aromatic heterocycles. The molecule has 0 bridgehead atoms. The third-order valence-corrected chi connectivity index (χ3v) is 14.1. The first kappa shape index (κ1) is 35.8. The van der Waals surface area contributed by atoms with E-state index in [1.807, 2.05) is 6.21 Å². The fourth-order valence-corrected chi connectivity index (χ4v) is 11.1. The molecule has 8 atom stereocenters. The summed E-state index contributed by atoms with van der Waals surface area (Å²) in [6, 6.07) is 29.1. The predicted octanol–water partition coefficient (Wildman–Crippen LogP) is 13.5. The molecule has 4 nitrogen and oxygen atoms in total. The van der Waals surface area contributed by atoms with Gasteiger partial charge >= 0.3 is 0 Å². The van der Waals surface area contributed by atoms with Gasteiger partial charge in [0, 0.05) is 40.3 Å². The van der Waals surface area contributed by atoms with Gasteiger partial charge in [0.25, 0.3) is 0 Å². The standard InChI is InChI=1S/C56H48N2O2/c1-3-12-35(13-4-1)33-57-56(40-14-5-2-6-15-40)58-34-36-22-24-37(25-23-36)38-26-28-39(29-27-38)47-32-48-52-50(60-55(48)43-18-8-7-16-41(43)47)31-30-45-51(53(45)52)46-20-11-19-44-42-17-9-10-21-49(42)59-54(44)46/h2-3,5-8,10-14,16,18-33,40,42,45-46,49,51,53-54H,1,4,9,15,17,34H2. The Bertz CT molecular complexity index is 2830. The van der Waals surface area contributed by atoms with E-state index in [9.17, 15) is 0 Å². The summed E-state index contributed by atoms with van der Waals surface area (Å²) >= 11 is 0. The van der Waals surface area contributed by atoms with Crippen molar-refractivity contribution in [3.63, 3.8) is 0 Å². The van der Waals surface area contributed by atoms with Crippen LogP contribution in [0.25, 0.3) is 50.1 Å². The van der Waals surface area contributed by atoms with Crippen molar-refractivity contribution >= 4 is 39.9 Å². The van der Waals surface area contributed by atoms with Gasteiger partial charge in [-0.1, -0.05) is 152 Å². The quantitative estimate of drug-likeness (QED) is 0.0938. The third-order valence-electron chi connectivity index (χ3n) is 14.1. The van der Waals surface area contributed by atoms with Gasteiger partial charge in [-0.15, -0.1) is 0 Å². The van der Waals surface area contributed by atoms with Crippen molar-refractivity contribution in [2.45, 2.75) is 56.8 Å². The smallest absolute Gasteiger partial charge is 0.142 e. The largest absolute Gasteiger partial charge is 0.456 e. The fourth-order valence-electron chi connectivity index (χ4n) is 11.1. The van der Waals surface area contributed by atoms with Crippen LogP contribution in [0.5, 0.6) is 0 Å². The van der Waals surface area contributed by atoms with E-state index in [-0.39, 0.29) is 18.1 Å². The van der Waals surface area contributed by atoms with E-state index in [1.54, 1.807) is 0 Å². The number of hydrogen-bond donors (Lipinski definition) is 0. The van der Waals surface area contributed by atoms with Gasteiger partial charge in [-0.05, 0) is 106 Å². The molecule has 1 saturated heterocycles. The van der Waals surface area contributed by atoms with Crippen molar-refractivity contribution in [3.8, 4) is 22.3 Å². The minimum atomic E-state index is 0.180. The minimum Gasteiger partial charge on any atom is -0.456 e. The number of benzene rings is 4. The van der Waals surface area contributed by atoms with Gasteiger partial charge in [0.1, 0.15) is 17.2 Å². The summed E-state index contributed by atoms with van der Waals surface area (Å²) in [4.78, 5) is 9.93. The molecular weight excluding hydrogens is 733 g/mol. The average Bonchev–Trinajstić information content (AvgIpc) is 3.71. The van der Waals surface area contributed by atoms with Crippen molar-refractivity contribution < 1.29 is 9.15 Å². The van der Waals surface area contributed by atoms with Crippen LogP contribution in [0.3, 0.4) is 0 Å². The van der Waals surface area contributed by atoms with Crippen LogP contribution in [0, 0.1) is 29.6 Å². The van der Waals surface area contributed by atoms with E-state index in [2.05, 4.69) is 164 Å². The number of amidine groups is 1. The lowest BCUT2D eigenvalue weighted by Gasteiger charge is -2.25. The average molecular weight is 781 g/mol. The van der Waals surface area contributed by atoms with E-state index in [0.29, 0.717) is 36.1 Å². The zero-order valence-corrected chi connectivity index (χ0v) is 33.7. The maximum Gasteiger partial charge on any atom is 0.142 e. The van der Waals surface area contributed by atoms with Crippen LogP contribution in [0.15, 0.2) is 183 Å². The Labute approximate surface area is 352 Å². The van der Waals surface area contributed by atoms with Crippen LogP contribution in [0.4, 0.5) is 0 Å². The van der Waals surface area contributed by atoms with Crippen LogP contribution >= 0.6 is 0 Å². The molecule has 4 aromatic carbocycles. The predicted molar refractivity (Wildman–Crippen MR) is 247 cm³/mol. The molecule has 1 saturated carbocycles. The zero-order chi connectivity index (χ0) is 39.6. The molecule has 0 spiro atoms. The van der Waals surface area contributed by atoms with Gasteiger partial charge in [0.15, 0.2) is 0 Å². The second-order valence-corrected chi connectivity index (χ2v) is 17.6. The van der Waals surface area contributed by atoms with E-state index in [1.165, 1.54) is 61.5 Å². The van der Waals surface area contributed by atoms with Crippen molar-refractivity contribution in [3.05, 3.63) is 186 Å². The van der Waals surface area contributed by atoms with Gasteiger partial charge in [-0.25, -0.2) is 4.99 Å². The highest BCUT2D eigenvalue weighted by molar-refractivity contribution is 6.13. The Hall–Kier alpha value is -6.10. The van der Waals surface area contributed by atoms with Crippen LogP contribution in [-0.4, -0.2) is 24.3 Å². The highest BCUT2D eigenvalue weighted by Gasteiger charge is 2.59. The molecule has 4 heteroatoms. The van der Waals surface area contributed by atoms with Crippen LogP contribution in [-0.2, 0) is 11.3 Å². The maximum absolute atomic E-state index is 6.82. The van der Waals surface area contributed by atoms with Gasteiger partial charge in [-0.3, -0.25) is 4.99 Å². The van der Waals surface area contributed by atoms with Gasteiger partial charge in [0.2, 0.25) is 0 Å². The number of fused-ring (bicyclic) bond motifs is 10. The summed E-state index contributed by atoms with van der Waals surface area (Å²) in [6.07, 6.45) is 39.5. The van der Waals surface area contributed by atoms with E-state index in [0.717, 1.165) is 48.4 Å². The lowest BCUT2D eigenvalue weighted by Crippen LogP contribution is -2.25. The Morgan fingerprint density at radius 2 is 1.58 bits per heavy atom. The van der Waals surface area contributed by atoms with Crippen LogP contribution < -0.4 is 0 Å². The van der Waals surface area contributed by atoms with Crippen molar-refractivity contribution in [1.82, 2.24) is 0 Å². The SMILES string of the molecule is C1=CCC(C(N=CC2=CCCC=C2)=NCc2ccc(-c3ccc(-c4cc5c6c(oc5c5ccccc45)C=CC4C6C4C4C=CC=C5C6CCC=CC6OC54)cc3)cc2)C=C1. The normalized spacial score (nSPS) is 28.5. The first-order valence-corrected chi connectivity index (χ1v) is 22.1. The highest BCUT2D eigenvalue weighted by atomic mass is 16.5. The van der Waals surface area contributed by atoms with Gasteiger partial charge in [-0.2, -0.15) is 0 Å². The fraction of sp³-hybridized carbons (Fsp3) is 0.250. The Morgan fingerprint density at radius 1 is 0.733 bits per heavy atom. The van der Waals surface area contributed by atoms with Crippen molar-refractivity contribution in [1.29, 1.82) is 0 Å². The topological polar surface area (TPSA) is 47.1 Å². The number of hydrogen-bond acceptors (Lipinski definition) is 3. The number of nitrogens with zero attached hydrogens (tertiary/aromatic N) is 2. The Morgan fingerprint density at radius 3 is 2.42 bits per heavy atom. The van der Waals surface area contributed by atoms with E-state index >= 15 is 0 Å². The zero-order valence-electron chi connectivity index (χ0n) is 33.7. The summed E-state index contributed by atoms with van der Waals surface area (Å²) in [6.45, 7) is 0.600. The first-order valence-electron chi connectivity index (χ1n) is 22.1. The summed E-state index contributed by atoms with van der Waals surface area (Å²) in [5.41, 5.74) is 11.1. The molecule has 12 rings (SSSR count). The highest BCUT2D eigenvalue weighted by Crippen LogP contribution is 2.66. The molecule has 0 amide bonds. The lowest BCUT2D eigenvalue weighted by molar-refractivity contribution is 0.0364. The molecular formula is C56H48N2O2. The molecule has 60 heavy (non-hydrogen) atoms. The lowest BCUT2D eigenvalue weighted by atomic mass is 9.78. The maximum atomic E-state index is 6.82. The number of ether oxygens (including phenoxy) is 1. The second kappa shape index (κ2) is 14.9. The molecule has 5 aromatic rings. The monoisotopic (exact) mass is 780 g/mol. The Balaban J connectivity index is 0.815. The first-order chi connectivity index (χ1) is 29.7. The van der Waals surface area contributed by atoms with E-state index < -0.39 is 0 Å². The van der Waals surface area contributed by atoms with Crippen LogP contribution in [0.2, 0.25) is 0 Å². The number of rotatable bonds is 7. The second-order valence-electron chi connectivity index (χ2n) is 17.6. The minimum absolute atomic E-state index is 0.180. The van der Waals surface area contributed by atoms with E-state index in [4.69, 9.17) is 19.1 Å². The summed E-state index contributed by atoms with van der Waals surface area (Å²) in [5.74, 6) is 4.47. The summed E-state index contributed by atoms with van der Waals surface area (Å²) < 4.78 is 13.6. The van der Waals surface area contributed by atoms with Gasteiger partial charge in [0.05, 0.1) is 18.8 Å². The molecule has 6 aliphatic carbocycles. The van der Waals surface area contributed by atoms with Crippen LogP contribution in [0.1, 0.15) is 54.9 Å². The van der Waals surface area contributed by atoms with Crippen molar-refractivity contribution in [2.24, 2.45) is 39.6 Å². The molecule has 0 N–H and O–H groups in total. The molecule has 8 unspecified atom stereocenters. The molecule has 0 radical (unpaired) electrons. The molecule has 7 aliphatic rings. The van der Waals surface area contributed by atoms with Crippen molar-refractivity contribution in [2.75, 3.05) is 0 Å². The molecule has 2 fully saturated rings. The number of furan rings is 1.